The molecule has 2 unspecified atom stereocenters. The number of aryl methyl sites for hydroxylation is 1. The molecule has 5 rings (SSSR count). The highest BCUT2D eigenvalue weighted by Crippen LogP contribution is 2.31. The lowest BCUT2D eigenvalue weighted by atomic mass is 10.1. The van der Waals surface area contributed by atoms with Crippen molar-refractivity contribution in [2.75, 3.05) is 31.7 Å². The van der Waals surface area contributed by atoms with Crippen LogP contribution in [0.2, 0.25) is 0 Å². The second-order valence-electron chi connectivity index (χ2n) is 7.98. The molecule has 0 amide bonds. The largest absolute Gasteiger partial charge is 0.495 e. The predicted molar refractivity (Wildman–Crippen MR) is 119 cm³/mol. The number of fused-ring (bicyclic) bond motifs is 1. The van der Waals surface area contributed by atoms with E-state index in [4.69, 9.17) is 14.6 Å². The zero-order valence-corrected chi connectivity index (χ0v) is 18.3. The van der Waals surface area contributed by atoms with Crippen molar-refractivity contribution in [3.63, 3.8) is 0 Å². The summed E-state index contributed by atoms with van der Waals surface area (Å²) in [4.78, 5) is 15.1. The van der Waals surface area contributed by atoms with Crippen LogP contribution in [0.15, 0.2) is 36.9 Å². The zero-order chi connectivity index (χ0) is 21.6. The molecule has 166 valence electrons. The first-order valence-electron chi connectivity index (χ1n) is 11.0. The maximum absolute atomic E-state index is 9.06. The van der Waals surface area contributed by atoms with Crippen molar-refractivity contribution in [2.24, 2.45) is 0 Å². The van der Waals surface area contributed by atoms with Crippen LogP contribution < -0.4 is 9.64 Å². The van der Waals surface area contributed by atoms with E-state index in [1.165, 1.54) is 44.4 Å². The highest BCUT2D eigenvalue weighted by Gasteiger charge is 2.27. The van der Waals surface area contributed by atoms with Gasteiger partial charge in [-0.15, -0.1) is 0 Å². The van der Waals surface area contributed by atoms with Crippen molar-refractivity contribution >= 4 is 16.9 Å². The summed E-state index contributed by atoms with van der Waals surface area (Å²) >= 11 is 0. The van der Waals surface area contributed by atoms with Gasteiger partial charge in [0.1, 0.15) is 23.8 Å². The van der Waals surface area contributed by atoms with Crippen LogP contribution in [0.5, 0.6) is 5.75 Å². The number of ether oxygens (including phenoxy) is 2. The maximum Gasteiger partial charge on any atom is 0.165 e. The predicted octanol–water partition coefficient (Wildman–Crippen LogP) is 3.49. The Bertz CT molecular complexity index is 986. The van der Waals surface area contributed by atoms with Crippen LogP contribution in [0, 0.1) is 6.92 Å². The number of methoxy groups -OCH3 is 1. The van der Waals surface area contributed by atoms with Gasteiger partial charge in [0.25, 0.3) is 0 Å². The van der Waals surface area contributed by atoms with Crippen LogP contribution in [-0.4, -0.2) is 57.5 Å². The van der Waals surface area contributed by atoms with Gasteiger partial charge in [-0.2, -0.15) is 0 Å². The fraction of sp³-hybridized carbons (Fsp3) is 0.522. The molecule has 2 aliphatic rings. The fourth-order valence-corrected chi connectivity index (χ4v) is 4.23. The Morgan fingerprint density at radius 3 is 2.65 bits per heavy atom. The van der Waals surface area contributed by atoms with Gasteiger partial charge in [0.05, 0.1) is 37.5 Å². The van der Waals surface area contributed by atoms with Gasteiger partial charge >= 0.3 is 0 Å². The normalized spacial score (nSPS) is 21.1. The molecule has 8 nitrogen and oxygen atoms in total. The maximum atomic E-state index is 9.06. The van der Waals surface area contributed by atoms with Crippen molar-refractivity contribution in [3.8, 4) is 5.75 Å². The number of aliphatic hydroxyl groups excluding tert-OH is 1. The van der Waals surface area contributed by atoms with E-state index in [0.29, 0.717) is 0 Å². The number of benzene rings is 1. The van der Waals surface area contributed by atoms with Gasteiger partial charge in [-0.05, 0) is 51.2 Å². The van der Waals surface area contributed by atoms with E-state index in [2.05, 4.69) is 32.0 Å². The summed E-state index contributed by atoms with van der Waals surface area (Å²) in [6.45, 7) is 4.31. The van der Waals surface area contributed by atoms with E-state index >= 15 is 0 Å². The molecule has 0 bridgehead atoms. The average molecular weight is 426 g/mol. The van der Waals surface area contributed by atoms with Crippen LogP contribution in [0.4, 0.5) is 5.69 Å². The number of hydrogen-bond donors (Lipinski definition) is 1. The Morgan fingerprint density at radius 1 is 1.10 bits per heavy atom. The van der Waals surface area contributed by atoms with Crippen LogP contribution in [0.1, 0.15) is 44.0 Å². The molecule has 8 heteroatoms. The van der Waals surface area contributed by atoms with E-state index in [1.807, 2.05) is 23.6 Å². The first kappa shape index (κ1) is 21.5. The molecule has 2 aromatic heterocycles. The molecule has 0 radical (unpaired) electrons. The molecule has 2 atom stereocenters. The van der Waals surface area contributed by atoms with Gasteiger partial charge in [-0.1, -0.05) is 12.1 Å². The Hall–Kier alpha value is -2.71. The van der Waals surface area contributed by atoms with Crippen LogP contribution in [0.25, 0.3) is 11.2 Å². The van der Waals surface area contributed by atoms with Gasteiger partial charge in [0.2, 0.25) is 0 Å². The monoisotopic (exact) mass is 425 g/mol. The molecule has 2 fully saturated rings. The summed E-state index contributed by atoms with van der Waals surface area (Å²) < 4.78 is 13.0. The van der Waals surface area contributed by atoms with E-state index in [1.54, 1.807) is 13.4 Å². The minimum Gasteiger partial charge on any atom is -0.495 e. The molecule has 1 N–H and O–H groups in total. The molecule has 2 aliphatic heterocycles. The highest BCUT2D eigenvalue weighted by molar-refractivity contribution is 5.72. The number of aromatic nitrogens is 4. The highest BCUT2D eigenvalue weighted by atomic mass is 16.5. The second kappa shape index (κ2) is 10.1. The topological polar surface area (TPSA) is 85.5 Å². The zero-order valence-electron chi connectivity index (χ0n) is 18.3. The lowest BCUT2D eigenvalue weighted by Crippen LogP contribution is -2.29. The lowest BCUT2D eigenvalue weighted by Gasteiger charge is -2.29. The minimum absolute atomic E-state index is 0.0666. The number of rotatable bonds is 4. The van der Waals surface area contributed by atoms with Gasteiger partial charge in [-0.3, -0.25) is 4.57 Å². The second-order valence-corrected chi connectivity index (χ2v) is 7.98. The SMILES string of the molecule is COc1ccccc1N1CCCCC1.Cc1ncnc2c1ncn2C1CCC(CO)O1. The van der Waals surface area contributed by atoms with Crippen molar-refractivity contribution in [1.29, 1.82) is 0 Å². The molecule has 31 heavy (non-hydrogen) atoms. The minimum atomic E-state index is -0.0774. The summed E-state index contributed by atoms with van der Waals surface area (Å²) in [7, 11) is 1.74. The molecule has 0 aliphatic carbocycles. The number of piperidine rings is 1. The molecular weight excluding hydrogens is 394 g/mol. The molecule has 4 heterocycles. The number of nitrogens with zero attached hydrogens (tertiary/aromatic N) is 5. The third-order valence-corrected chi connectivity index (χ3v) is 5.92. The number of hydrogen-bond acceptors (Lipinski definition) is 7. The van der Waals surface area contributed by atoms with E-state index in [9.17, 15) is 0 Å². The Kier molecular flexibility index (Phi) is 6.99. The first-order chi connectivity index (χ1) is 15.2. The Morgan fingerprint density at radius 2 is 1.90 bits per heavy atom. The summed E-state index contributed by atoms with van der Waals surface area (Å²) in [5.41, 5.74) is 3.71. The van der Waals surface area contributed by atoms with Crippen molar-refractivity contribution < 1.29 is 14.6 Å². The van der Waals surface area contributed by atoms with Gasteiger partial charge in [-0.25, -0.2) is 15.0 Å². The van der Waals surface area contributed by atoms with Crippen molar-refractivity contribution in [3.05, 3.63) is 42.6 Å². The van der Waals surface area contributed by atoms with E-state index < -0.39 is 0 Å². The van der Waals surface area contributed by atoms with Gasteiger partial charge in [0.15, 0.2) is 5.65 Å². The summed E-state index contributed by atoms with van der Waals surface area (Å²) in [5.74, 6) is 0.995. The lowest BCUT2D eigenvalue weighted by molar-refractivity contribution is -0.0207. The van der Waals surface area contributed by atoms with Gasteiger partial charge in [0, 0.05) is 13.1 Å². The molecule has 0 spiro atoms. The smallest absolute Gasteiger partial charge is 0.165 e. The molecule has 0 saturated carbocycles. The number of imidazole rings is 1. The summed E-state index contributed by atoms with van der Waals surface area (Å²) in [5, 5.41) is 9.06. The van der Waals surface area contributed by atoms with E-state index in [0.717, 1.165) is 35.4 Å². The van der Waals surface area contributed by atoms with Crippen LogP contribution >= 0.6 is 0 Å². The molecule has 3 aromatic rings. The fourth-order valence-electron chi connectivity index (χ4n) is 4.23. The summed E-state index contributed by atoms with van der Waals surface area (Å²) in [6.07, 6.45) is 8.84. The number of anilines is 1. The quantitative estimate of drug-likeness (QED) is 0.685. The van der Waals surface area contributed by atoms with E-state index in [-0.39, 0.29) is 18.9 Å². The first-order valence-corrected chi connectivity index (χ1v) is 11.0. The van der Waals surface area contributed by atoms with Crippen molar-refractivity contribution in [1.82, 2.24) is 19.5 Å². The number of para-hydroxylation sites is 2. The third kappa shape index (κ3) is 4.80. The molecular formula is C23H31N5O3. The Labute approximate surface area is 182 Å². The number of aliphatic hydroxyl groups is 1. The summed E-state index contributed by atoms with van der Waals surface area (Å²) in [6, 6.07) is 8.27. The molecule has 2 saturated heterocycles. The Balaban J connectivity index is 0.000000152. The standard InChI is InChI=1S/C12H17NO.C11H14N4O2/c1-14-12-8-4-3-7-11(12)13-9-5-2-6-10-13;1-7-10-11(13-5-12-7)15(6-14-10)9-3-2-8(4-16)17-9/h3-4,7-8H,2,5-6,9-10H2,1H3;5-6,8-9,16H,2-4H2,1H3. The van der Waals surface area contributed by atoms with Crippen LogP contribution in [-0.2, 0) is 4.74 Å². The van der Waals surface area contributed by atoms with Gasteiger partial charge < -0.3 is 19.5 Å². The third-order valence-electron chi connectivity index (χ3n) is 5.92. The van der Waals surface area contributed by atoms with Crippen molar-refractivity contribution in [2.45, 2.75) is 51.4 Å². The average Bonchev–Trinajstić information content (AvgIpc) is 3.47. The van der Waals surface area contributed by atoms with Crippen LogP contribution in [0.3, 0.4) is 0 Å². The molecule has 1 aromatic carbocycles.